The molecular weight excluding hydrogens is 414 g/mol. The van der Waals surface area contributed by atoms with Crippen molar-refractivity contribution in [1.82, 2.24) is 4.98 Å². The first-order chi connectivity index (χ1) is 13.9. The third-order valence-electron chi connectivity index (χ3n) is 4.56. The summed E-state index contributed by atoms with van der Waals surface area (Å²) in [7, 11) is 0. The van der Waals surface area contributed by atoms with Gasteiger partial charge in [-0.1, -0.05) is 53.3 Å². The molecule has 7 heteroatoms. The molecule has 0 aliphatic heterocycles. The van der Waals surface area contributed by atoms with E-state index < -0.39 is 17.5 Å². The van der Waals surface area contributed by atoms with Gasteiger partial charge >= 0.3 is 0 Å². The minimum absolute atomic E-state index is 0.198. The summed E-state index contributed by atoms with van der Waals surface area (Å²) in [5.41, 5.74) is 2.16. The minimum atomic E-state index is -0.909. The van der Waals surface area contributed by atoms with Crippen LogP contribution in [0.2, 0.25) is 5.02 Å². The quantitative estimate of drug-likeness (QED) is 0.377. The van der Waals surface area contributed by atoms with Crippen LogP contribution in [0.15, 0.2) is 60.7 Å². The number of halogens is 3. The first-order valence-corrected chi connectivity index (χ1v) is 10.00. The number of rotatable bonds is 4. The van der Waals surface area contributed by atoms with Crippen molar-refractivity contribution in [2.75, 3.05) is 4.90 Å². The van der Waals surface area contributed by atoms with Crippen molar-refractivity contribution in [3.63, 3.8) is 0 Å². The van der Waals surface area contributed by atoms with Gasteiger partial charge in [0.25, 0.3) is 5.91 Å². The van der Waals surface area contributed by atoms with Gasteiger partial charge in [-0.2, -0.15) is 0 Å². The second-order valence-corrected chi connectivity index (χ2v) is 7.93. The summed E-state index contributed by atoms with van der Waals surface area (Å²) in [6, 6.07) is 15.9. The van der Waals surface area contributed by atoms with Crippen LogP contribution >= 0.6 is 22.9 Å². The molecule has 0 N–H and O–H groups in total. The van der Waals surface area contributed by atoms with Gasteiger partial charge in [0.1, 0.15) is 11.6 Å². The van der Waals surface area contributed by atoms with E-state index >= 15 is 0 Å². The number of aromatic nitrogens is 1. The van der Waals surface area contributed by atoms with Gasteiger partial charge in [0.15, 0.2) is 5.13 Å². The maximum Gasteiger partial charge on any atom is 0.263 e. The third-order valence-corrected chi connectivity index (χ3v) is 6.01. The molecule has 0 saturated carbocycles. The summed E-state index contributed by atoms with van der Waals surface area (Å²) < 4.78 is 28.5. The molecule has 0 aliphatic carbocycles. The molecule has 0 spiro atoms. The molecule has 0 radical (unpaired) electrons. The van der Waals surface area contributed by atoms with Crippen molar-refractivity contribution in [3.05, 3.63) is 94.0 Å². The summed E-state index contributed by atoms with van der Waals surface area (Å²) >= 11 is 7.52. The lowest BCUT2D eigenvalue weighted by molar-refractivity contribution is 0.0981. The van der Waals surface area contributed by atoms with Gasteiger partial charge in [0.2, 0.25) is 0 Å². The van der Waals surface area contributed by atoms with Crippen LogP contribution in [0.4, 0.5) is 13.9 Å². The molecular formula is C22H15ClF2N2OS. The summed E-state index contributed by atoms with van der Waals surface area (Å²) in [4.78, 5) is 19.2. The molecule has 4 aromatic rings. The van der Waals surface area contributed by atoms with Crippen LogP contribution < -0.4 is 4.90 Å². The van der Waals surface area contributed by atoms with Crippen molar-refractivity contribution in [3.8, 4) is 0 Å². The molecule has 0 fully saturated rings. The van der Waals surface area contributed by atoms with Crippen LogP contribution in [-0.2, 0) is 6.54 Å². The smallest absolute Gasteiger partial charge is 0.263 e. The second kappa shape index (κ2) is 7.89. The van der Waals surface area contributed by atoms with Crippen LogP contribution in [-0.4, -0.2) is 10.9 Å². The summed E-state index contributed by atoms with van der Waals surface area (Å²) in [6.45, 7) is 2.06. The zero-order valence-electron chi connectivity index (χ0n) is 15.3. The predicted molar refractivity (Wildman–Crippen MR) is 113 cm³/mol. The van der Waals surface area contributed by atoms with Gasteiger partial charge in [0.05, 0.1) is 22.3 Å². The van der Waals surface area contributed by atoms with Gasteiger partial charge in [0, 0.05) is 11.1 Å². The SMILES string of the molecule is Cc1c(Cl)ccc2sc(N(Cc3ccccc3)C(=O)c3ccc(F)cc3F)nc12. The Bertz CT molecular complexity index is 1210. The van der Waals surface area contributed by atoms with E-state index in [1.54, 1.807) is 6.07 Å². The number of nitrogens with zero attached hydrogens (tertiary/aromatic N) is 2. The molecule has 0 unspecified atom stereocenters. The first-order valence-electron chi connectivity index (χ1n) is 8.80. The van der Waals surface area contributed by atoms with Crippen molar-refractivity contribution in [2.24, 2.45) is 0 Å². The number of hydrogen-bond acceptors (Lipinski definition) is 3. The maximum absolute atomic E-state index is 14.3. The van der Waals surface area contributed by atoms with E-state index in [9.17, 15) is 13.6 Å². The molecule has 0 bridgehead atoms. The summed E-state index contributed by atoms with van der Waals surface area (Å²) in [5.74, 6) is -2.23. The molecule has 0 aliphatic rings. The van der Waals surface area contributed by atoms with Gasteiger partial charge in [-0.05, 0) is 42.3 Å². The molecule has 0 atom stereocenters. The monoisotopic (exact) mass is 428 g/mol. The fourth-order valence-electron chi connectivity index (χ4n) is 3.00. The summed E-state index contributed by atoms with van der Waals surface area (Å²) in [5, 5.41) is 1.00. The molecule has 29 heavy (non-hydrogen) atoms. The largest absolute Gasteiger partial charge is 0.279 e. The van der Waals surface area contributed by atoms with E-state index in [1.165, 1.54) is 16.2 Å². The van der Waals surface area contributed by atoms with Crippen LogP contribution in [0, 0.1) is 18.6 Å². The Hall–Kier alpha value is -2.83. The number of carbonyl (C=O) groups is 1. The highest BCUT2D eigenvalue weighted by molar-refractivity contribution is 7.22. The Kier molecular flexibility index (Phi) is 5.30. The molecule has 3 aromatic carbocycles. The number of amides is 1. The lowest BCUT2D eigenvalue weighted by Gasteiger charge is -2.20. The van der Waals surface area contributed by atoms with Gasteiger partial charge in [-0.3, -0.25) is 9.69 Å². The van der Waals surface area contributed by atoms with Crippen molar-refractivity contribution in [1.29, 1.82) is 0 Å². The number of fused-ring (bicyclic) bond motifs is 1. The van der Waals surface area contributed by atoms with E-state index in [1.807, 2.05) is 43.3 Å². The van der Waals surface area contributed by atoms with Gasteiger partial charge in [-0.25, -0.2) is 13.8 Å². The highest BCUT2D eigenvalue weighted by atomic mass is 35.5. The zero-order chi connectivity index (χ0) is 20.5. The number of anilines is 1. The Labute approximate surface area is 175 Å². The lowest BCUT2D eigenvalue weighted by Crippen LogP contribution is -2.31. The maximum atomic E-state index is 14.3. The lowest BCUT2D eigenvalue weighted by atomic mass is 10.1. The Balaban J connectivity index is 1.82. The Morgan fingerprint density at radius 2 is 1.86 bits per heavy atom. The van der Waals surface area contributed by atoms with Gasteiger partial charge < -0.3 is 0 Å². The van der Waals surface area contributed by atoms with Crippen molar-refractivity contribution >= 4 is 44.2 Å². The second-order valence-electron chi connectivity index (χ2n) is 6.52. The fourth-order valence-corrected chi connectivity index (χ4v) is 4.18. The summed E-state index contributed by atoms with van der Waals surface area (Å²) in [6.07, 6.45) is 0. The Morgan fingerprint density at radius 1 is 1.10 bits per heavy atom. The first kappa shape index (κ1) is 19.5. The number of aryl methyl sites for hydroxylation is 1. The molecule has 1 amide bonds. The fraction of sp³-hybridized carbons (Fsp3) is 0.0909. The number of benzene rings is 3. The zero-order valence-corrected chi connectivity index (χ0v) is 16.9. The molecule has 1 aromatic heterocycles. The van der Waals surface area contributed by atoms with E-state index in [4.69, 9.17) is 11.6 Å². The Morgan fingerprint density at radius 3 is 2.59 bits per heavy atom. The number of hydrogen-bond donors (Lipinski definition) is 0. The minimum Gasteiger partial charge on any atom is -0.279 e. The molecule has 3 nitrogen and oxygen atoms in total. The molecule has 1 heterocycles. The number of thiazole rings is 1. The average Bonchev–Trinajstić information content (AvgIpc) is 3.14. The molecule has 0 saturated heterocycles. The third kappa shape index (κ3) is 3.86. The van der Waals surface area contributed by atoms with Crippen molar-refractivity contribution in [2.45, 2.75) is 13.5 Å². The van der Waals surface area contributed by atoms with E-state index in [0.29, 0.717) is 21.7 Å². The normalized spacial score (nSPS) is 11.0. The standard InChI is InChI=1S/C22H15ClF2N2OS/c1-13-17(23)9-10-19-20(13)26-22(29-19)27(12-14-5-3-2-4-6-14)21(28)16-8-7-15(24)11-18(16)25/h2-11H,12H2,1H3. The topological polar surface area (TPSA) is 33.2 Å². The van der Waals surface area contributed by atoms with Crippen LogP contribution in [0.3, 0.4) is 0 Å². The van der Waals surface area contributed by atoms with E-state index in [2.05, 4.69) is 4.98 Å². The predicted octanol–water partition coefficient (Wildman–Crippen LogP) is 6.38. The van der Waals surface area contributed by atoms with E-state index in [0.717, 1.165) is 28.0 Å². The van der Waals surface area contributed by atoms with E-state index in [-0.39, 0.29) is 12.1 Å². The number of carbonyl (C=O) groups excluding carboxylic acids is 1. The van der Waals surface area contributed by atoms with Crippen LogP contribution in [0.5, 0.6) is 0 Å². The average molecular weight is 429 g/mol. The van der Waals surface area contributed by atoms with Crippen LogP contribution in [0.25, 0.3) is 10.2 Å². The highest BCUT2D eigenvalue weighted by Crippen LogP contribution is 2.35. The van der Waals surface area contributed by atoms with Crippen molar-refractivity contribution < 1.29 is 13.6 Å². The van der Waals surface area contributed by atoms with Gasteiger partial charge in [-0.15, -0.1) is 0 Å². The molecule has 4 rings (SSSR count). The molecule has 146 valence electrons. The van der Waals surface area contributed by atoms with Crippen LogP contribution in [0.1, 0.15) is 21.5 Å². The highest BCUT2D eigenvalue weighted by Gasteiger charge is 2.25.